The molecule has 2 saturated carbocycles. The van der Waals surface area contributed by atoms with Crippen molar-refractivity contribution in [1.82, 2.24) is 9.21 Å². The fraction of sp³-hybridized carbons (Fsp3) is 0.941. The highest BCUT2D eigenvalue weighted by Gasteiger charge is 2.55. The molecule has 4 aliphatic rings. The first-order chi connectivity index (χ1) is 11.5. The van der Waals surface area contributed by atoms with Gasteiger partial charge in [0.2, 0.25) is 15.9 Å². The number of ether oxygens (including phenoxy) is 1. The Morgan fingerprint density at radius 1 is 1.17 bits per heavy atom. The molecule has 2 aliphatic heterocycles. The first kappa shape index (κ1) is 16.8. The Morgan fingerprint density at radius 2 is 1.83 bits per heavy atom. The van der Waals surface area contributed by atoms with Crippen LogP contribution in [0.3, 0.4) is 0 Å². The van der Waals surface area contributed by atoms with Gasteiger partial charge in [0.15, 0.2) is 0 Å². The van der Waals surface area contributed by atoms with E-state index in [2.05, 4.69) is 0 Å². The Kier molecular flexibility index (Phi) is 4.16. The first-order valence-electron chi connectivity index (χ1n) is 9.23. The molecule has 0 aromatic rings. The van der Waals surface area contributed by atoms with Gasteiger partial charge in [-0.15, -0.1) is 0 Å². The number of nitrogens with zero attached hydrogens (tertiary/aromatic N) is 2. The second-order valence-corrected chi connectivity index (χ2v) is 10.4. The van der Waals surface area contributed by atoms with Crippen LogP contribution in [-0.4, -0.2) is 68.7 Å². The predicted molar refractivity (Wildman–Crippen MR) is 89.9 cm³/mol. The molecule has 0 bridgehead atoms. The van der Waals surface area contributed by atoms with E-state index in [1.807, 2.05) is 4.90 Å². The number of hydrogen-bond donors (Lipinski definition) is 0. The zero-order valence-electron chi connectivity index (χ0n) is 14.4. The normalized spacial score (nSPS) is 31.1. The minimum atomic E-state index is -3.10. The summed E-state index contributed by atoms with van der Waals surface area (Å²) in [6.45, 7) is 3.24. The van der Waals surface area contributed by atoms with E-state index in [0.29, 0.717) is 25.6 Å². The lowest BCUT2D eigenvalue weighted by Gasteiger charge is -2.41. The molecule has 0 unspecified atom stereocenters. The fourth-order valence-corrected chi connectivity index (χ4v) is 6.35. The van der Waals surface area contributed by atoms with E-state index in [9.17, 15) is 13.2 Å². The van der Waals surface area contributed by atoms with Crippen molar-refractivity contribution < 1.29 is 17.9 Å². The van der Waals surface area contributed by atoms with Gasteiger partial charge < -0.3 is 9.64 Å². The third kappa shape index (κ3) is 2.88. The lowest BCUT2D eigenvalue weighted by Crippen LogP contribution is -2.48. The molecular weight excluding hydrogens is 328 g/mol. The first-order valence-corrected chi connectivity index (χ1v) is 10.7. The fourth-order valence-electron chi connectivity index (χ4n) is 4.50. The second-order valence-electron chi connectivity index (χ2n) is 8.18. The summed E-state index contributed by atoms with van der Waals surface area (Å²) in [6, 6.07) is 0. The van der Waals surface area contributed by atoms with Gasteiger partial charge >= 0.3 is 0 Å². The van der Waals surface area contributed by atoms with E-state index in [-0.39, 0.29) is 22.5 Å². The number of rotatable bonds is 6. The molecule has 2 heterocycles. The summed E-state index contributed by atoms with van der Waals surface area (Å²) in [7, 11) is -1.45. The van der Waals surface area contributed by atoms with Gasteiger partial charge in [0.25, 0.3) is 0 Å². The summed E-state index contributed by atoms with van der Waals surface area (Å²) >= 11 is 0. The summed E-state index contributed by atoms with van der Waals surface area (Å²) < 4.78 is 32.0. The highest BCUT2D eigenvalue weighted by molar-refractivity contribution is 7.90. The van der Waals surface area contributed by atoms with Gasteiger partial charge in [-0.1, -0.05) is 0 Å². The van der Waals surface area contributed by atoms with Gasteiger partial charge in [0.05, 0.1) is 17.8 Å². The van der Waals surface area contributed by atoms with Crippen LogP contribution in [0.25, 0.3) is 0 Å². The molecule has 0 aromatic heterocycles. The third-order valence-corrected chi connectivity index (χ3v) is 8.79. The van der Waals surface area contributed by atoms with Gasteiger partial charge in [-0.25, -0.2) is 12.7 Å². The van der Waals surface area contributed by atoms with E-state index in [1.165, 1.54) is 12.8 Å². The average Bonchev–Trinajstić information content (AvgIpc) is 3.45. The van der Waals surface area contributed by atoms with Crippen LogP contribution in [0.15, 0.2) is 0 Å². The molecule has 1 amide bonds. The summed E-state index contributed by atoms with van der Waals surface area (Å²) in [5.74, 6) is 0.803. The number of methoxy groups -OCH3 is 1. The Labute approximate surface area is 144 Å². The highest BCUT2D eigenvalue weighted by atomic mass is 32.2. The number of hydrogen-bond acceptors (Lipinski definition) is 4. The zero-order chi connectivity index (χ0) is 16.9. The summed E-state index contributed by atoms with van der Waals surface area (Å²) in [5, 5.41) is -0.141. The standard InChI is InChI=1S/C17H28N2O4S/c1-23-11-15-16(20)18(10-13-2-3-13)12-17(15)6-8-19(9-7-17)24(21,22)14-4-5-14/h13-15H,2-12H2,1H3/t15-/m0/s1. The van der Waals surface area contributed by atoms with Crippen molar-refractivity contribution in [2.75, 3.05) is 39.9 Å². The van der Waals surface area contributed by atoms with Crippen LogP contribution in [-0.2, 0) is 19.6 Å². The Bertz CT molecular complexity index is 604. The SMILES string of the molecule is COC[C@H]1C(=O)N(CC2CC2)CC12CCN(S(=O)(=O)C1CC1)CC2. The van der Waals surface area contributed by atoms with Crippen LogP contribution < -0.4 is 0 Å². The van der Waals surface area contributed by atoms with Crippen LogP contribution >= 0.6 is 0 Å². The van der Waals surface area contributed by atoms with Crippen molar-refractivity contribution in [1.29, 1.82) is 0 Å². The van der Waals surface area contributed by atoms with Crippen molar-refractivity contribution in [3.63, 3.8) is 0 Å². The molecule has 2 saturated heterocycles. The van der Waals surface area contributed by atoms with E-state index in [1.54, 1.807) is 11.4 Å². The number of piperidine rings is 1. The maximum absolute atomic E-state index is 12.8. The minimum absolute atomic E-state index is 0.0996. The number of sulfonamides is 1. The van der Waals surface area contributed by atoms with Crippen LogP contribution in [0.5, 0.6) is 0 Å². The molecule has 24 heavy (non-hydrogen) atoms. The Balaban J connectivity index is 1.47. The van der Waals surface area contributed by atoms with Crippen molar-refractivity contribution in [2.24, 2.45) is 17.3 Å². The monoisotopic (exact) mass is 356 g/mol. The minimum Gasteiger partial charge on any atom is -0.384 e. The molecule has 4 rings (SSSR count). The Morgan fingerprint density at radius 3 is 2.38 bits per heavy atom. The third-order valence-electron chi connectivity index (χ3n) is 6.39. The zero-order valence-corrected chi connectivity index (χ0v) is 15.3. The molecule has 0 N–H and O–H groups in total. The van der Waals surface area contributed by atoms with Gasteiger partial charge in [0.1, 0.15) is 0 Å². The number of carbonyl (C=O) groups excluding carboxylic acids is 1. The van der Waals surface area contributed by atoms with Gasteiger partial charge in [-0.2, -0.15) is 0 Å². The topological polar surface area (TPSA) is 66.9 Å². The maximum Gasteiger partial charge on any atom is 0.228 e. The average molecular weight is 356 g/mol. The van der Waals surface area contributed by atoms with Crippen molar-refractivity contribution >= 4 is 15.9 Å². The van der Waals surface area contributed by atoms with Crippen LogP contribution in [0.1, 0.15) is 38.5 Å². The molecule has 7 heteroatoms. The van der Waals surface area contributed by atoms with Crippen molar-refractivity contribution in [3.05, 3.63) is 0 Å². The quantitative estimate of drug-likeness (QED) is 0.714. The maximum atomic E-state index is 12.8. The summed E-state index contributed by atoms with van der Waals surface area (Å²) in [5.41, 5.74) is -0.0996. The smallest absolute Gasteiger partial charge is 0.228 e. The summed E-state index contributed by atoms with van der Waals surface area (Å²) in [4.78, 5) is 14.9. The highest BCUT2D eigenvalue weighted by Crippen LogP contribution is 2.47. The number of carbonyl (C=O) groups is 1. The van der Waals surface area contributed by atoms with E-state index in [4.69, 9.17) is 4.74 Å². The molecule has 0 radical (unpaired) electrons. The van der Waals surface area contributed by atoms with E-state index >= 15 is 0 Å². The van der Waals surface area contributed by atoms with Crippen LogP contribution in [0.2, 0.25) is 0 Å². The van der Waals surface area contributed by atoms with Gasteiger partial charge in [-0.05, 0) is 44.4 Å². The number of amides is 1. The molecule has 2 aliphatic carbocycles. The summed E-state index contributed by atoms with van der Waals surface area (Å²) in [6.07, 6.45) is 5.64. The van der Waals surface area contributed by atoms with Crippen LogP contribution in [0.4, 0.5) is 0 Å². The molecule has 4 fully saturated rings. The largest absolute Gasteiger partial charge is 0.384 e. The molecule has 0 aromatic carbocycles. The van der Waals surface area contributed by atoms with Gasteiger partial charge in [-0.3, -0.25) is 4.79 Å². The van der Waals surface area contributed by atoms with Crippen molar-refractivity contribution in [2.45, 2.75) is 43.8 Å². The lowest BCUT2D eigenvalue weighted by atomic mass is 9.71. The second kappa shape index (κ2) is 5.95. The molecular formula is C17H28N2O4S. The Hall–Kier alpha value is -0.660. The molecule has 6 nitrogen and oxygen atoms in total. The van der Waals surface area contributed by atoms with Crippen molar-refractivity contribution in [3.8, 4) is 0 Å². The van der Waals surface area contributed by atoms with E-state index < -0.39 is 10.0 Å². The van der Waals surface area contributed by atoms with E-state index in [0.717, 1.165) is 38.8 Å². The van der Waals surface area contributed by atoms with Crippen LogP contribution in [0, 0.1) is 17.3 Å². The molecule has 136 valence electrons. The predicted octanol–water partition coefficient (Wildman–Crippen LogP) is 1.08. The molecule has 1 spiro atoms. The molecule has 1 atom stereocenters. The lowest BCUT2D eigenvalue weighted by molar-refractivity contribution is -0.133. The van der Waals surface area contributed by atoms with Gasteiger partial charge in [0, 0.05) is 38.7 Å². The number of likely N-dealkylation sites (tertiary alicyclic amines) is 1.